The molecule has 0 unspecified atom stereocenters. The van der Waals surface area contributed by atoms with Crippen LogP contribution in [-0.2, 0) is 12.7 Å². The molecule has 4 aromatic rings. The summed E-state index contributed by atoms with van der Waals surface area (Å²) in [4.78, 5) is 18.0. The predicted molar refractivity (Wildman–Crippen MR) is 115 cm³/mol. The van der Waals surface area contributed by atoms with E-state index in [1.807, 2.05) is 43.3 Å². The van der Waals surface area contributed by atoms with E-state index in [4.69, 9.17) is 0 Å². The smallest absolute Gasteiger partial charge is 0.378 e. The molecule has 31 heavy (non-hydrogen) atoms. The standard InChI is InChI=1S/C21H20F3N7/c1-31(2)16-8-4-7-15(10-16)28-20-29-18(17-19(30-20)27-12-26-17)25-11-13-5-3-6-14(9-13)21(22,23)24/h3-10,12H,11H2,1-2H3,(H3,25,26,27,28,29,30). The second-order valence-corrected chi connectivity index (χ2v) is 7.12. The van der Waals surface area contributed by atoms with Gasteiger partial charge in [0.25, 0.3) is 0 Å². The summed E-state index contributed by atoms with van der Waals surface area (Å²) in [5.41, 5.74) is 2.60. The van der Waals surface area contributed by atoms with Crippen molar-refractivity contribution in [3.8, 4) is 0 Å². The molecule has 160 valence electrons. The molecule has 2 heterocycles. The van der Waals surface area contributed by atoms with Crippen molar-refractivity contribution >= 4 is 34.3 Å². The lowest BCUT2D eigenvalue weighted by Gasteiger charge is -2.14. The quantitative estimate of drug-likeness (QED) is 0.410. The highest BCUT2D eigenvalue weighted by atomic mass is 19.4. The summed E-state index contributed by atoms with van der Waals surface area (Å²) in [6, 6.07) is 12.9. The van der Waals surface area contributed by atoms with Crippen LogP contribution in [-0.4, -0.2) is 34.0 Å². The van der Waals surface area contributed by atoms with Gasteiger partial charge in [-0.15, -0.1) is 0 Å². The van der Waals surface area contributed by atoms with Crippen LogP contribution in [0.2, 0.25) is 0 Å². The number of alkyl halides is 3. The van der Waals surface area contributed by atoms with E-state index in [2.05, 4.69) is 30.6 Å². The fourth-order valence-corrected chi connectivity index (χ4v) is 3.05. The van der Waals surface area contributed by atoms with Gasteiger partial charge < -0.3 is 20.5 Å². The first-order chi connectivity index (χ1) is 14.8. The third-order valence-electron chi connectivity index (χ3n) is 4.62. The monoisotopic (exact) mass is 427 g/mol. The van der Waals surface area contributed by atoms with Gasteiger partial charge in [0.2, 0.25) is 5.95 Å². The number of nitrogens with one attached hydrogen (secondary N) is 3. The Morgan fingerprint density at radius 1 is 1.03 bits per heavy atom. The van der Waals surface area contributed by atoms with Crippen LogP contribution in [0.25, 0.3) is 11.2 Å². The predicted octanol–water partition coefficient (Wildman–Crippen LogP) is 4.79. The summed E-state index contributed by atoms with van der Waals surface area (Å²) in [6.45, 7) is 0.157. The third-order valence-corrected chi connectivity index (χ3v) is 4.62. The van der Waals surface area contributed by atoms with Crippen LogP contribution in [0.4, 0.5) is 36.3 Å². The molecule has 4 rings (SSSR count). The molecule has 2 aromatic heterocycles. The van der Waals surface area contributed by atoms with Crippen molar-refractivity contribution in [2.24, 2.45) is 0 Å². The number of aromatic nitrogens is 4. The summed E-state index contributed by atoms with van der Waals surface area (Å²) >= 11 is 0. The first kappa shape index (κ1) is 20.5. The maximum absolute atomic E-state index is 13.0. The molecule has 0 radical (unpaired) electrons. The summed E-state index contributed by atoms with van der Waals surface area (Å²) in [5, 5.41) is 6.24. The Hall–Kier alpha value is -3.82. The maximum Gasteiger partial charge on any atom is 0.416 e. The van der Waals surface area contributed by atoms with Gasteiger partial charge in [0.15, 0.2) is 11.5 Å². The van der Waals surface area contributed by atoms with E-state index >= 15 is 0 Å². The van der Waals surface area contributed by atoms with Crippen molar-refractivity contribution < 1.29 is 13.2 Å². The average Bonchev–Trinajstić information content (AvgIpc) is 3.20. The second-order valence-electron chi connectivity index (χ2n) is 7.12. The van der Waals surface area contributed by atoms with E-state index in [9.17, 15) is 13.2 Å². The third kappa shape index (κ3) is 4.68. The Labute approximate surface area is 176 Å². The highest BCUT2D eigenvalue weighted by Gasteiger charge is 2.30. The highest BCUT2D eigenvalue weighted by Crippen LogP contribution is 2.30. The molecule has 0 aliphatic heterocycles. The maximum atomic E-state index is 13.0. The molecule has 0 bridgehead atoms. The van der Waals surface area contributed by atoms with E-state index in [1.165, 1.54) is 12.4 Å². The number of hydrogen-bond acceptors (Lipinski definition) is 6. The van der Waals surface area contributed by atoms with Crippen LogP contribution in [0.3, 0.4) is 0 Å². The first-order valence-electron chi connectivity index (χ1n) is 9.45. The van der Waals surface area contributed by atoms with Crippen LogP contribution in [0.5, 0.6) is 0 Å². The largest absolute Gasteiger partial charge is 0.416 e. The number of fused-ring (bicyclic) bond motifs is 1. The Balaban J connectivity index is 1.59. The summed E-state index contributed by atoms with van der Waals surface area (Å²) in [7, 11) is 3.89. The molecule has 0 amide bonds. The van der Waals surface area contributed by atoms with Crippen LogP contribution >= 0.6 is 0 Å². The Morgan fingerprint density at radius 2 is 1.84 bits per heavy atom. The van der Waals surface area contributed by atoms with E-state index in [1.54, 1.807) is 6.07 Å². The molecule has 0 aliphatic carbocycles. The number of H-pyrrole nitrogens is 1. The number of imidazole rings is 1. The fourth-order valence-electron chi connectivity index (χ4n) is 3.05. The Bertz CT molecular complexity index is 1200. The van der Waals surface area contributed by atoms with E-state index in [0.29, 0.717) is 28.5 Å². The highest BCUT2D eigenvalue weighted by molar-refractivity contribution is 5.84. The van der Waals surface area contributed by atoms with Crippen molar-refractivity contribution in [2.45, 2.75) is 12.7 Å². The molecule has 2 aromatic carbocycles. The van der Waals surface area contributed by atoms with Crippen molar-refractivity contribution in [1.29, 1.82) is 0 Å². The average molecular weight is 427 g/mol. The molecule has 0 atom stereocenters. The zero-order valence-electron chi connectivity index (χ0n) is 16.8. The first-order valence-corrected chi connectivity index (χ1v) is 9.45. The van der Waals surface area contributed by atoms with Crippen molar-refractivity contribution in [3.05, 3.63) is 66.0 Å². The topological polar surface area (TPSA) is 81.8 Å². The number of rotatable bonds is 6. The lowest BCUT2D eigenvalue weighted by atomic mass is 10.1. The lowest BCUT2D eigenvalue weighted by molar-refractivity contribution is -0.137. The number of nitrogens with zero attached hydrogens (tertiary/aromatic N) is 4. The van der Waals surface area contributed by atoms with E-state index < -0.39 is 11.7 Å². The van der Waals surface area contributed by atoms with E-state index in [0.717, 1.165) is 23.5 Å². The van der Waals surface area contributed by atoms with Crippen LogP contribution in [0.1, 0.15) is 11.1 Å². The minimum Gasteiger partial charge on any atom is -0.378 e. The lowest BCUT2D eigenvalue weighted by Crippen LogP contribution is -2.09. The van der Waals surface area contributed by atoms with Gasteiger partial charge in [-0.3, -0.25) is 0 Å². The minimum atomic E-state index is -4.39. The zero-order chi connectivity index (χ0) is 22.0. The SMILES string of the molecule is CN(C)c1cccc(Nc2nc(NCc3cccc(C(F)(F)F)c3)c3[nH]cnc3n2)c1. The van der Waals surface area contributed by atoms with Crippen molar-refractivity contribution in [3.63, 3.8) is 0 Å². The molecular weight excluding hydrogens is 407 g/mol. The number of aromatic amines is 1. The van der Waals surface area contributed by atoms with Crippen LogP contribution in [0, 0.1) is 0 Å². The van der Waals surface area contributed by atoms with Gasteiger partial charge in [0, 0.05) is 32.0 Å². The van der Waals surface area contributed by atoms with E-state index in [-0.39, 0.29) is 6.54 Å². The van der Waals surface area contributed by atoms with Gasteiger partial charge in [-0.25, -0.2) is 4.98 Å². The van der Waals surface area contributed by atoms with Gasteiger partial charge in [0.05, 0.1) is 11.9 Å². The van der Waals surface area contributed by atoms with Gasteiger partial charge in [-0.05, 0) is 35.9 Å². The van der Waals surface area contributed by atoms with Gasteiger partial charge in [0.1, 0.15) is 5.52 Å². The number of benzene rings is 2. The molecule has 7 nitrogen and oxygen atoms in total. The van der Waals surface area contributed by atoms with Crippen molar-refractivity contribution in [1.82, 2.24) is 19.9 Å². The summed E-state index contributed by atoms with van der Waals surface area (Å²) < 4.78 is 38.9. The van der Waals surface area contributed by atoms with Crippen LogP contribution in [0.15, 0.2) is 54.9 Å². The molecule has 0 fully saturated rings. The molecule has 0 saturated heterocycles. The summed E-state index contributed by atoms with van der Waals surface area (Å²) in [6.07, 6.45) is -2.90. The molecule has 0 spiro atoms. The number of anilines is 4. The van der Waals surface area contributed by atoms with Crippen LogP contribution < -0.4 is 15.5 Å². The second kappa shape index (κ2) is 8.13. The number of halogens is 3. The Kier molecular flexibility index (Phi) is 5.37. The minimum absolute atomic E-state index is 0.157. The van der Waals surface area contributed by atoms with Crippen molar-refractivity contribution in [2.75, 3.05) is 29.6 Å². The molecule has 3 N–H and O–H groups in total. The summed E-state index contributed by atoms with van der Waals surface area (Å²) in [5.74, 6) is 0.758. The molecule has 0 aliphatic rings. The normalized spacial score (nSPS) is 11.5. The fraction of sp³-hybridized carbons (Fsp3) is 0.190. The van der Waals surface area contributed by atoms with Gasteiger partial charge in [-0.1, -0.05) is 18.2 Å². The molecular formula is C21H20F3N7. The van der Waals surface area contributed by atoms with Gasteiger partial charge >= 0.3 is 6.18 Å². The Morgan fingerprint density at radius 3 is 2.61 bits per heavy atom. The molecule has 0 saturated carbocycles. The number of hydrogen-bond donors (Lipinski definition) is 3. The zero-order valence-corrected chi connectivity index (χ0v) is 16.8. The molecule has 10 heteroatoms. The van der Waals surface area contributed by atoms with Gasteiger partial charge in [-0.2, -0.15) is 23.1 Å².